The van der Waals surface area contributed by atoms with Gasteiger partial charge in [-0.25, -0.2) is 0 Å². The van der Waals surface area contributed by atoms with Gasteiger partial charge in [0.05, 0.1) is 0 Å². The van der Waals surface area contributed by atoms with Gasteiger partial charge >= 0.3 is 0 Å². The first-order valence-corrected chi connectivity index (χ1v) is 6.96. The second-order valence-electron chi connectivity index (χ2n) is 4.69. The minimum atomic E-state index is -0.593. The molecule has 1 unspecified atom stereocenters. The molecule has 0 radical (unpaired) electrons. The van der Waals surface area contributed by atoms with E-state index in [1.54, 1.807) is 0 Å². The van der Waals surface area contributed by atoms with Gasteiger partial charge in [0.15, 0.2) is 0 Å². The zero-order valence-corrected chi connectivity index (χ0v) is 12.2. The zero-order valence-electron chi connectivity index (χ0n) is 12.2. The van der Waals surface area contributed by atoms with Gasteiger partial charge in [-0.15, -0.1) is 0 Å². The molecule has 0 aliphatic rings. The molecule has 1 amide bonds. The summed E-state index contributed by atoms with van der Waals surface area (Å²) in [6.45, 7) is 5.71. The smallest absolute Gasteiger partial charge is 0.221 e. The first kappa shape index (κ1) is 16.5. The molecule has 0 fully saturated rings. The first-order valence-electron chi connectivity index (χ1n) is 6.96. The van der Waals surface area contributed by atoms with Gasteiger partial charge in [0.2, 0.25) is 5.91 Å². The lowest BCUT2D eigenvalue weighted by Crippen LogP contribution is -2.34. The Morgan fingerprint density at radius 2 is 2.25 bits per heavy atom. The molecule has 0 aliphatic heterocycles. The van der Waals surface area contributed by atoms with E-state index in [0.717, 1.165) is 11.3 Å². The molecule has 3 N–H and O–H groups in total. The van der Waals surface area contributed by atoms with Crippen molar-refractivity contribution in [1.29, 1.82) is 0 Å². The predicted molar refractivity (Wildman–Crippen MR) is 78.9 cm³/mol. The molecule has 0 heterocycles. The highest BCUT2D eigenvalue weighted by Gasteiger charge is 2.05. The lowest BCUT2D eigenvalue weighted by molar-refractivity contribution is -0.120. The number of aliphatic hydroxyl groups excluding tert-OH is 1. The summed E-state index contributed by atoms with van der Waals surface area (Å²) in [6.07, 6.45) is -0.177. The quantitative estimate of drug-likeness (QED) is 0.587. The van der Waals surface area contributed by atoms with E-state index in [1.807, 2.05) is 38.1 Å². The summed E-state index contributed by atoms with van der Waals surface area (Å²) in [5.74, 6) is 0.775. The summed E-state index contributed by atoms with van der Waals surface area (Å²) >= 11 is 0. The first-order chi connectivity index (χ1) is 9.61. The van der Waals surface area contributed by atoms with Crippen LogP contribution in [0.5, 0.6) is 5.75 Å². The molecule has 0 aromatic heterocycles. The molecule has 1 aromatic carbocycles. The van der Waals surface area contributed by atoms with Crippen LogP contribution >= 0.6 is 0 Å². The SMILES string of the molecule is CCNC(=O)CCNCC(O)COc1cccc(C)c1. The van der Waals surface area contributed by atoms with Crippen molar-refractivity contribution in [1.82, 2.24) is 10.6 Å². The minimum Gasteiger partial charge on any atom is -0.491 e. The Morgan fingerprint density at radius 1 is 1.45 bits per heavy atom. The molecule has 112 valence electrons. The zero-order chi connectivity index (χ0) is 14.8. The molecule has 0 spiro atoms. The van der Waals surface area contributed by atoms with Crippen LogP contribution in [0.3, 0.4) is 0 Å². The number of benzene rings is 1. The van der Waals surface area contributed by atoms with Gasteiger partial charge in [0.25, 0.3) is 0 Å². The van der Waals surface area contributed by atoms with Gasteiger partial charge in [-0.2, -0.15) is 0 Å². The summed E-state index contributed by atoms with van der Waals surface area (Å²) in [6, 6.07) is 7.70. The second kappa shape index (κ2) is 9.34. The molecule has 1 aromatic rings. The van der Waals surface area contributed by atoms with Crippen LogP contribution in [0.4, 0.5) is 0 Å². The monoisotopic (exact) mass is 280 g/mol. The Hall–Kier alpha value is -1.59. The largest absolute Gasteiger partial charge is 0.491 e. The number of amides is 1. The lowest BCUT2D eigenvalue weighted by atomic mass is 10.2. The van der Waals surface area contributed by atoms with E-state index in [1.165, 1.54) is 0 Å². The highest BCUT2D eigenvalue weighted by Crippen LogP contribution is 2.12. The van der Waals surface area contributed by atoms with Crippen LogP contribution < -0.4 is 15.4 Å². The van der Waals surface area contributed by atoms with Crippen LogP contribution in [0.15, 0.2) is 24.3 Å². The van der Waals surface area contributed by atoms with Crippen molar-refractivity contribution in [2.75, 3.05) is 26.2 Å². The van der Waals surface area contributed by atoms with Crippen LogP contribution in [-0.4, -0.2) is 43.4 Å². The van der Waals surface area contributed by atoms with E-state index in [-0.39, 0.29) is 12.5 Å². The van der Waals surface area contributed by atoms with Crippen LogP contribution in [0.25, 0.3) is 0 Å². The maximum atomic E-state index is 11.2. The third kappa shape index (κ3) is 7.11. The fourth-order valence-corrected chi connectivity index (χ4v) is 1.71. The second-order valence-corrected chi connectivity index (χ2v) is 4.69. The van der Waals surface area contributed by atoms with Crippen molar-refractivity contribution in [2.24, 2.45) is 0 Å². The number of hydrogen-bond donors (Lipinski definition) is 3. The Balaban J connectivity index is 2.11. The summed E-state index contributed by atoms with van der Waals surface area (Å²) < 4.78 is 5.50. The van der Waals surface area contributed by atoms with E-state index in [0.29, 0.717) is 26.1 Å². The number of carbonyl (C=O) groups excluding carboxylic acids is 1. The van der Waals surface area contributed by atoms with E-state index >= 15 is 0 Å². The number of aliphatic hydroxyl groups is 1. The molecular formula is C15H24N2O3. The molecule has 5 nitrogen and oxygen atoms in total. The van der Waals surface area contributed by atoms with Crippen molar-refractivity contribution in [2.45, 2.75) is 26.4 Å². The van der Waals surface area contributed by atoms with Gasteiger partial charge in [0.1, 0.15) is 18.5 Å². The third-order valence-corrected chi connectivity index (χ3v) is 2.71. The highest BCUT2D eigenvalue weighted by molar-refractivity contribution is 5.75. The van der Waals surface area contributed by atoms with E-state index in [4.69, 9.17) is 4.74 Å². The van der Waals surface area contributed by atoms with E-state index in [9.17, 15) is 9.90 Å². The number of rotatable bonds is 9. The number of nitrogens with one attached hydrogen (secondary N) is 2. The number of carbonyl (C=O) groups is 1. The average molecular weight is 280 g/mol. The Bertz CT molecular complexity index is 410. The van der Waals surface area contributed by atoms with Gasteiger partial charge < -0.3 is 20.5 Å². The molecule has 20 heavy (non-hydrogen) atoms. The minimum absolute atomic E-state index is 0.0190. The Morgan fingerprint density at radius 3 is 2.95 bits per heavy atom. The average Bonchev–Trinajstić information content (AvgIpc) is 2.42. The molecule has 0 aliphatic carbocycles. The highest BCUT2D eigenvalue weighted by atomic mass is 16.5. The summed E-state index contributed by atoms with van der Waals surface area (Å²) in [5.41, 5.74) is 1.12. The number of aryl methyl sites for hydroxylation is 1. The summed E-state index contributed by atoms with van der Waals surface area (Å²) in [5, 5.41) is 15.5. The fraction of sp³-hybridized carbons (Fsp3) is 0.533. The Kier molecular flexibility index (Phi) is 7.69. The maximum Gasteiger partial charge on any atom is 0.221 e. The van der Waals surface area contributed by atoms with Crippen molar-refractivity contribution in [3.05, 3.63) is 29.8 Å². The van der Waals surface area contributed by atoms with Crippen LogP contribution in [0.1, 0.15) is 18.9 Å². The van der Waals surface area contributed by atoms with E-state index < -0.39 is 6.10 Å². The van der Waals surface area contributed by atoms with Crippen LogP contribution in [0, 0.1) is 6.92 Å². The fourth-order valence-electron chi connectivity index (χ4n) is 1.71. The number of ether oxygens (including phenoxy) is 1. The Labute approximate surface area is 120 Å². The van der Waals surface area contributed by atoms with Crippen LogP contribution in [0.2, 0.25) is 0 Å². The molecule has 0 bridgehead atoms. The van der Waals surface area contributed by atoms with E-state index in [2.05, 4.69) is 10.6 Å². The van der Waals surface area contributed by atoms with Crippen molar-refractivity contribution in [3.63, 3.8) is 0 Å². The molecule has 0 saturated heterocycles. The standard InChI is InChI=1S/C15H24N2O3/c1-3-17-15(19)7-8-16-10-13(18)11-20-14-6-4-5-12(2)9-14/h4-6,9,13,16,18H,3,7-8,10-11H2,1-2H3,(H,17,19). The summed E-state index contributed by atoms with van der Waals surface area (Å²) in [7, 11) is 0. The number of hydrogen-bond acceptors (Lipinski definition) is 4. The molecule has 1 atom stereocenters. The van der Waals surface area contributed by atoms with Gasteiger partial charge in [0, 0.05) is 26.1 Å². The van der Waals surface area contributed by atoms with Gasteiger partial charge in [-0.1, -0.05) is 12.1 Å². The normalized spacial score (nSPS) is 11.9. The van der Waals surface area contributed by atoms with Crippen molar-refractivity contribution < 1.29 is 14.6 Å². The molecular weight excluding hydrogens is 256 g/mol. The van der Waals surface area contributed by atoms with Crippen molar-refractivity contribution >= 4 is 5.91 Å². The van der Waals surface area contributed by atoms with Gasteiger partial charge in [-0.05, 0) is 31.5 Å². The van der Waals surface area contributed by atoms with Gasteiger partial charge in [-0.3, -0.25) is 4.79 Å². The topological polar surface area (TPSA) is 70.6 Å². The van der Waals surface area contributed by atoms with Crippen LogP contribution in [-0.2, 0) is 4.79 Å². The predicted octanol–water partition coefficient (Wildman–Crippen LogP) is 0.851. The maximum absolute atomic E-state index is 11.2. The lowest BCUT2D eigenvalue weighted by Gasteiger charge is -2.13. The summed E-state index contributed by atoms with van der Waals surface area (Å²) in [4.78, 5) is 11.2. The molecule has 5 heteroatoms. The molecule has 0 saturated carbocycles. The van der Waals surface area contributed by atoms with Crippen molar-refractivity contribution in [3.8, 4) is 5.75 Å². The molecule has 1 rings (SSSR count). The third-order valence-electron chi connectivity index (χ3n) is 2.71.